The van der Waals surface area contributed by atoms with Gasteiger partial charge in [-0.1, -0.05) is 25.8 Å². The number of piperidine rings is 1. The second kappa shape index (κ2) is 8.15. The first-order valence-electron chi connectivity index (χ1n) is 12.7. The average molecular weight is 482 g/mol. The van der Waals surface area contributed by atoms with Gasteiger partial charge < -0.3 is 10.2 Å². The number of likely N-dealkylation sites (tertiary alicyclic amines) is 1. The van der Waals surface area contributed by atoms with Crippen molar-refractivity contribution < 1.29 is 18.4 Å². The van der Waals surface area contributed by atoms with E-state index in [4.69, 9.17) is 5.26 Å². The van der Waals surface area contributed by atoms with Gasteiger partial charge in [-0.05, 0) is 74.7 Å². The normalized spacial score (nSPS) is 36.3. The van der Waals surface area contributed by atoms with E-state index in [-0.39, 0.29) is 17.0 Å². The molecule has 1 N–H and O–H groups in total. The number of rotatable bonds is 2. The molecular formula is C28H33F2N3O2. The van der Waals surface area contributed by atoms with Crippen LogP contribution in [0.3, 0.4) is 0 Å². The van der Waals surface area contributed by atoms with Crippen molar-refractivity contribution in [3.05, 3.63) is 40.6 Å². The van der Waals surface area contributed by atoms with Gasteiger partial charge in [0.25, 0.3) is 0 Å². The van der Waals surface area contributed by atoms with E-state index in [1.54, 1.807) is 18.0 Å². The molecule has 2 saturated carbocycles. The van der Waals surface area contributed by atoms with Gasteiger partial charge in [0.1, 0.15) is 23.6 Å². The first-order chi connectivity index (χ1) is 16.5. The molecule has 6 atom stereocenters. The van der Waals surface area contributed by atoms with E-state index >= 15 is 0 Å². The van der Waals surface area contributed by atoms with E-state index < -0.39 is 29.0 Å². The van der Waals surface area contributed by atoms with Crippen LogP contribution in [0.1, 0.15) is 71.3 Å². The van der Waals surface area contributed by atoms with E-state index in [0.29, 0.717) is 29.6 Å². The maximum absolute atomic E-state index is 14.5. The van der Waals surface area contributed by atoms with Crippen LogP contribution in [-0.4, -0.2) is 23.8 Å². The quantitative estimate of drug-likeness (QED) is 0.545. The molecule has 5 rings (SSSR count). The Morgan fingerprint density at radius 1 is 1.17 bits per heavy atom. The fourth-order valence-electron chi connectivity index (χ4n) is 8.40. The van der Waals surface area contributed by atoms with Gasteiger partial charge in [0, 0.05) is 24.2 Å². The number of nitrogens with zero attached hydrogens (tertiary/aromatic N) is 2. The second-order valence-electron chi connectivity index (χ2n) is 11.8. The molecule has 7 heteroatoms. The van der Waals surface area contributed by atoms with E-state index in [2.05, 4.69) is 26.1 Å². The molecule has 4 aliphatic rings. The summed E-state index contributed by atoms with van der Waals surface area (Å²) in [5.41, 5.74) is 1.54. The summed E-state index contributed by atoms with van der Waals surface area (Å²) < 4.78 is 28.5. The second-order valence-corrected chi connectivity index (χ2v) is 11.8. The van der Waals surface area contributed by atoms with Crippen molar-refractivity contribution in [2.45, 2.75) is 65.7 Å². The van der Waals surface area contributed by atoms with Crippen LogP contribution in [0, 0.1) is 57.5 Å². The number of hydrogen-bond donors (Lipinski definition) is 1. The first kappa shape index (κ1) is 24.0. The lowest BCUT2D eigenvalue weighted by Crippen LogP contribution is -2.57. The smallest absolute Gasteiger partial charge is 0.239 e. The van der Waals surface area contributed by atoms with Gasteiger partial charge in [0.2, 0.25) is 11.8 Å². The molecule has 3 aliphatic carbocycles. The molecule has 186 valence electrons. The Morgan fingerprint density at radius 3 is 2.63 bits per heavy atom. The molecule has 35 heavy (non-hydrogen) atoms. The number of nitriles is 1. The lowest BCUT2D eigenvalue weighted by atomic mass is 9.48. The Hall–Kier alpha value is -2.75. The third kappa shape index (κ3) is 3.51. The van der Waals surface area contributed by atoms with Crippen LogP contribution in [0.15, 0.2) is 23.4 Å². The number of benzene rings is 1. The molecule has 0 radical (unpaired) electrons. The van der Waals surface area contributed by atoms with E-state index in [0.717, 1.165) is 30.7 Å². The largest absolute Gasteiger partial charge is 0.323 e. The number of carbonyl (C=O) groups excluding carboxylic acids is 2. The Kier molecular flexibility index (Phi) is 5.58. The van der Waals surface area contributed by atoms with Crippen molar-refractivity contribution in [1.29, 1.82) is 5.26 Å². The molecule has 1 unspecified atom stereocenters. The molecule has 1 saturated heterocycles. The van der Waals surface area contributed by atoms with Gasteiger partial charge in [-0.3, -0.25) is 9.59 Å². The summed E-state index contributed by atoms with van der Waals surface area (Å²) in [6.07, 6.45) is 7.41. The molecule has 1 aromatic carbocycles. The maximum Gasteiger partial charge on any atom is 0.239 e. The molecule has 0 bridgehead atoms. The number of fused-ring (bicyclic) bond motifs is 5. The number of halogens is 2. The zero-order valence-corrected chi connectivity index (χ0v) is 20.9. The molecule has 2 amide bonds. The van der Waals surface area contributed by atoms with Gasteiger partial charge in [-0.2, -0.15) is 5.26 Å². The summed E-state index contributed by atoms with van der Waals surface area (Å²) in [4.78, 5) is 28.3. The van der Waals surface area contributed by atoms with E-state index in [1.165, 1.54) is 31.3 Å². The van der Waals surface area contributed by atoms with Crippen LogP contribution in [0.2, 0.25) is 0 Å². The summed E-state index contributed by atoms with van der Waals surface area (Å²) in [5.74, 6) is -2.17. The van der Waals surface area contributed by atoms with E-state index in [1.807, 2.05) is 0 Å². The average Bonchev–Trinajstić information content (AvgIpc) is 3.20. The number of carbonyl (C=O) groups is 2. The van der Waals surface area contributed by atoms with Crippen molar-refractivity contribution in [2.24, 2.45) is 34.5 Å². The third-order valence-corrected chi connectivity index (χ3v) is 9.87. The standard InChI is InChI=1S/C28H33F2N3O2/c1-15-10-17-19-6-5-8-27(19,2)9-7-20(17)28(3)13-18(26(35)33(4)24(15)28)25(34)32-23-12-21(29)16(14-31)11-22(23)30/h11-12,17-20H,5-10,13H2,1-4H3,(H,32,34)/t17-,18?,19-,20+,27-,28+/m0/s1. The van der Waals surface area contributed by atoms with Crippen molar-refractivity contribution in [2.75, 3.05) is 12.4 Å². The molecule has 1 aromatic rings. The van der Waals surface area contributed by atoms with Crippen LogP contribution in [0.5, 0.6) is 0 Å². The minimum absolute atomic E-state index is 0.316. The van der Waals surface area contributed by atoms with Crippen LogP contribution in [0.25, 0.3) is 0 Å². The third-order valence-electron chi connectivity index (χ3n) is 9.87. The highest BCUT2D eigenvalue weighted by molar-refractivity contribution is 6.07. The Morgan fingerprint density at radius 2 is 1.91 bits per heavy atom. The van der Waals surface area contributed by atoms with Crippen molar-refractivity contribution in [3.63, 3.8) is 0 Å². The Balaban J connectivity index is 1.47. The molecule has 3 fully saturated rings. The number of anilines is 1. The van der Waals surface area contributed by atoms with Gasteiger partial charge in [0.15, 0.2) is 0 Å². The minimum atomic E-state index is -0.990. The minimum Gasteiger partial charge on any atom is -0.323 e. The summed E-state index contributed by atoms with van der Waals surface area (Å²) >= 11 is 0. The SMILES string of the molecule is CC1=C2N(C)C(=O)C(C(=O)Nc3cc(F)c(C#N)cc3F)C[C@]2(C)[C@@H]2CC[C@]3(C)CCC[C@H]3[C@@H]2C1. The highest BCUT2D eigenvalue weighted by atomic mass is 19.1. The van der Waals surface area contributed by atoms with Crippen molar-refractivity contribution >= 4 is 17.5 Å². The summed E-state index contributed by atoms with van der Waals surface area (Å²) in [6.45, 7) is 6.77. The fourth-order valence-corrected chi connectivity index (χ4v) is 8.40. The highest BCUT2D eigenvalue weighted by Gasteiger charge is 2.60. The number of nitrogens with one attached hydrogen (secondary N) is 1. The predicted molar refractivity (Wildman–Crippen MR) is 128 cm³/mol. The van der Waals surface area contributed by atoms with E-state index in [9.17, 15) is 18.4 Å². The Labute approximate surface area is 205 Å². The molecular weight excluding hydrogens is 448 g/mol. The van der Waals surface area contributed by atoms with Gasteiger partial charge in [0.05, 0.1) is 11.3 Å². The van der Waals surface area contributed by atoms with Crippen molar-refractivity contribution in [3.8, 4) is 6.07 Å². The number of allylic oxidation sites excluding steroid dienone is 2. The monoisotopic (exact) mass is 481 g/mol. The summed E-state index contributed by atoms with van der Waals surface area (Å²) in [7, 11) is 1.74. The van der Waals surface area contributed by atoms with Crippen LogP contribution in [0.4, 0.5) is 14.5 Å². The summed E-state index contributed by atoms with van der Waals surface area (Å²) in [5, 5.41) is 11.3. The van der Waals surface area contributed by atoms with Gasteiger partial charge in [-0.15, -0.1) is 0 Å². The molecule has 1 heterocycles. The van der Waals surface area contributed by atoms with Crippen LogP contribution in [-0.2, 0) is 9.59 Å². The number of hydrogen-bond acceptors (Lipinski definition) is 3. The zero-order chi connectivity index (χ0) is 25.3. The molecule has 1 aliphatic heterocycles. The van der Waals surface area contributed by atoms with Crippen LogP contribution >= 0.6 is 0 Å². The van der Waals surface area contributed by atoms with Crippen LogP contribution < -0.4 is 5.32 Å². The molecule has 0 aromatic heterocycles. The fraction of sp³-hybridized carbons (Fsp3) is 0.607. The van der Waals surface area contributed by atoms with Crippen molar-refractivity contribution in [1.82, 2.24) is 4.90 Å². The molecule has 5 nitrogen and oxygen atoms in total. The maximum atomic E-state index is 14.5. The Bertz CT molecular complexity index is 1190. The van der Waals surface area contributed by atoms with Gasteiger partial charge in [-0.25, -0.2) is 8.78 Å². The number of amides is 2. The summed E-state index contributed by atoms with van der Waals surface area (Å²) in [6, 6.07) is 3.15. The zero-order valence-electron chi connectivity index (χ0n) is 20.9. The van der Waals surface area contributed by atoms with Gasteiger partial charge >= 0.3 is 0 Å². The lowest BCUT2D eigenvalue weighted by Gasteiger charge is -2.59. The first-order valence-corrected chi connectivity index (χ1v) is 12.7. The highest BCUT2D eigenvalue weighted by Crippen LogP contribution is 2.65. The molecule has 0 spiro atoms. The lowest BCUT2D eigenvalue weighted by molar-refractivity contribution is -0.147. The topological polar surface area (TPSA) is 73.2 Å². The predicted octanol–water partition coefficient (Wildman–Crippen LogP) is 5.77.